The standard InChI is InChI=1S/C20H19N5O4S/c1-12(2)11-17(26)21-16-6-4-3-5-15(16)18(27)22-20-24-23-19(30-20)13-7-9-14(10-8-13)25(28)29/h3-10,12H,11H2,1-2H3,(H,21,26)(H,22,24,27). The first-order valence-corrected chi connectivity index (χ1v) is 9.93. The summed E-state index contributed by atoms with van der Waals surface area (Å²) in [5.74, 6) is -0.395. The van der Waals surface area contributed by atoms with E-state index in [9.17, 15) is 19.7 Å². The molecule has 0 radical (unpaired) electrons. The number of nitro groups is 1. The van der Waals surface area contributed by atoms with Crippen molar-refractivity contribution in [2.45, 2.75) is 20.3 Å². The zero-order chi connectivity index (χ0) is 21.7. The molecule has 30 heavy (non-hydrogen) atoms. The van der Waals surface area contributed by atoms with Gasteiger partial charge in [0.1, 0.15) is 5.01 Å². The number of hydrogen-bond acceptors (Lipinski definition) is 7. The molecule has 0 fully saturated rings. The monoisotopic (exact) mass is 425 g/mol. The van der Waals surface area contributed by atoms with Crippen molar-refractivity contribution in [3.63, 3.8) is 0 Å². The van der Waals surface area contributed by atoms with E-state index in [1.165, 1.54) is 12.1 Å². The molecule has 3 aromatic rings. The molecule has 0 bridgehead atoms. The summed E-state index contributed by atoms with van der Waals surface area (Å²) in [4.78, 5) is 35.1. The first-order valence-electron chi connectivity index (χ1n) is 9.12. The highest BCUT2D eigenvalue weighted by Gasteiger charge is 2.16. The molecule has 2 N–H and O–H groups in total. The number of amides is 2. The largest absolute Gasteiger partial charge is 0.325 e. The molecule has 0 saturated carbocycles. The maximum Gasteiger partial charge on any atom is 0.269 e. The van der Waals surface area contributed by atoms with Gasteiger partial charge in [-0.3, -0.25) is 25.0 Å². The van der Waals surface area contributed by atoms with Crippen LogP contribution in [0.5, 0.6) is 0 Å². The third kappa shape index (κ3) is 5.23. The molecule has 2 amide bonds. The molecule has 10 heteroatoms. The summed E-state index contributed by atoms with van der Waals surface area (Å²) in [6, 6.07) is 12.6. The van der Waals surface area contributed by atoms with Crippen LogP contribution in [0.4, 0.5) is 16.5 Å². The minimum absolute atomic E-state index is 0.0205. The van der Waals surface area contributed by atoms with E-state index in [-0.39, 0.29) is 22.6 Å². The van der Waals surface area contributed by atoms with Gasteiger partial charge in [0.25, 0.3) is 11.6 Å². The van der Waals surface area contributed by atoms with Crippen molar-refractivity contribution in [3.05, 3.63) is 64.2 Å². The number of carbonyl (C=O) groups excluding carboxylic acids is 2. The number of para-hydroxylation sites is 1. The van der Waals surface area contributed by atoms with E-state index < -0.39 is 10.8 Å². The Bertz CT molecular complexity index is 1080. The third-order valence-electron chi connectivity index (χ3n) is 4.01. The van der Waals surface area contributed by atoms with Gasteiger partial charge in [-0.05, 0) is 30.2 Å². The van der Waals surface area contributed by atoms with Crippen molar-refractivity contribution < 1.29 is 14.5 Å². The van der Waals surface area contributed by atoms with Gasteiger partial charge in [0.2, 0.25) is 11.0 Å². The normalized spacial score (nSPS) is 10.6. The lowest BCUT2D eigenvalue weighted by Crippen LogP contribution is -2.19. The second-order valence-corrected chi connectivity index (χ2v) is 7.84. The molecule has 0 saturated heterocycles. The Labute approximate surface area is 176 Å². The van der Waals surface area contributed by atoms with Crippen molar-refractivity contribution in [2.75, 3.05) is 10.6 Å². The van der Waals surface area contributed by atoms with E-state index in [0.29, 0.717) is 28.2 Å². The van der Waals surface area contributed by atoms with Crippen LogP contribution in [0.3, 0.4) is 0 Å². The number of anilines is 2. The SMILES string of the molecule is CC(C)CC(=O)Nc1ccccc1C(=O)Nc1nnc(-c2ccc([N+](=O)[O-])cc2)s1. The maximum atomic E-state index is 12.7. The van der Waals surface area contributed by atoms with Gasteiger partial charge in [-0.2, -0.15) is 0 Å². The van der Waals surface area contributed by atoms with Crippen LogP contribution in [0, 0.1) is 16.0 Å². The fraction of sp³-hybridized carbons (Fsp3) is 0.200. The fourth-order valence-corrected chi connectivity index (χ4v) is 3.39. The molecule has 1 aromatic heterocycles. The van der Waals surface area contributed by atoms with Crippen LogP contribution >= 0.6 is 11.3 Å². The molecule has 2 aromatic carbocycles. The van der Waals surface area contributed by atoms with Gasteiger partial charge in [0.15, 0.2) is 0 Å². The maximum absolute atomic E-state index is 12.7. The van der Waals surface area contributed by atoms with E-state index in [1.54, 1.807) is 36.4 Å². The Hall–Kier alpha value is -3.66. The molecular formula is C20H19N5O4S. The van der Waals surface area contributed by atoms with Crippen LogP contribution in [0.15, 0.2) is 48.5 Å². The van der Waals surface area contributed by atoms with Crippen LogP contribution in [-0.2, 0) is 4.79 Å². The van der Waals surface area contributed by atoms with Crippen LogP contribution < -0.4 is 10.6 Å². The summed E-state index contributed by atoms with van der Waals surface area (Å²) in [5.41, 5.74) is 1.36. The fourth-order valence-electron chi connectivity index (χ4n) is 2.64. The molecule has 3 rings (SSSR count). The molecule has 0 aliphatic carbocycles. The summed E-state index contributed by atoms with van der Waals surface area (Å²) in [6.45, 7) is 3.88. The van der Waals surface area contributed by atoms with Crippen molar-refractivity contribution >= 4 is 39.7 Å². The average Bonchev–Trinajstić information content (AvgIpc) is 3.16. The zero-order valence-corrected chi connectivity index (χ0v) is 17.1. The predicted molar refractivity (Wildman–Crippen MR) is 114 cm³/mol. The summed E-state index contributed by atoms with van der Waals surface area (Å²) < 4.78 is 0. The molecule has 1 heterocycles. The van der Waals surface area contributed by atoms with Gasteiger partial charge in [0.05, 0.1) is 16.2 Å². The van der Waals surface area contributed by atoms with Crippen molar-refractivity contribution in [1.29, 1.82) is 0 Å². The molecule has 154 valence electrons. The third-order valence-corrected chi connectivity index (χ3v) is 4.90. The van der Waals surface area contributed by atoms with Gasteiger partial charge >= 0.3 is 0 Å². The van der Waals surface area contributed by atoms with Crippen LogP contribution in [0.25, 0.3) is 10.6 Å². The van der Waals surface area contributed by atoms with Gasteiger partial charge in [-0.25, -0.2) is 0 Å². The lowest BCUT2D eigenvalue weighted by molar-refractivity contribution is -0.384. The number of non-ortho nitro benzene ring substituents is 1. The number of nitrogens with zero attached hydrogens (tertiary/aromatic N) is 3. The second-order valence-electron chi connectivity index (χ2n) is 6.86. The molecule has 0 unspecified atom stereocenters. The number of nitro benzene ring substituents is 1. The second kappa shape index (κ2) is 9.23. The molecule has 9 nitrogen and oxygen atoms in total. The van der Waals surface area contributed by atoms with E-state index in [2.05, 4.69) is 20.8 Å². The molecule has 0 aliphatic rings. The summed E-state index contributed by atoms with van der Waals surface area (Å²) in [5, 5.41) is 25.0. The van der Waals surface area contributed by atoms with Gasteiger partial charge in [0, 0.05) is 24.1 Å². The van der Waals surface area contributed by atoms with E-state index >= 15 is 0 Å². The van der Waals surface area contributed by atoms with E-state index in [0.717, 1.165) is 11.3 Å². The summed E-state index contributed by atoms with van der Waals surface area (Å²) in [6.07, 6.45) is 0.352. The molecule has 0 aliphatic heterocycles. The van der Waals surface area contributed by atoms with Crippen LogP contribution in [-0.4, -0.2) is 26.9 Å². The minimum Gasteiger partial charge on any atom is -0.325 e. The number of carbonyl (C=O) groups is 2. The highest BCUT2D eigenvalue weighted by atomic mass is 32.1. The van der Waals surface area contributed by atoms with Crippen molar-refractivity contribution in [1.82, 2.24) is 10.2 Å². The quantitative estimate of drug-likeness (QED) is 0.428. The summed E-state index contributed by atoms with van der Waals surface area (Å²) >= 11 is 1.14. The Morgan fingerprint density at radius 1 is 1.07 bits per heavy atom. The molecular weight excluding hydrogens is 406 g/mol. The number of hydrogen-bond donors (Lipinski definition) is 2. The molecule has 0 spiro atoms. The number of aromatic nitrogens is 2. The van der Waals surface area contributed by atoms with Crippen molar-refractivity contribution in [3.8, 4) is 10.6 Å². The topological polar surface area (TPSA) is 127 Å². The summed E-state index contributed by atoms with van der Waals surface area (Å²) in [7, 11) is 0. The van der Waals surface area contributed by atoms with Crippen LogP contribution in [0.2, 0.25) is 0 Å². The number of rotatable bonds is 7. The highest BCUT2D eigenvalue weighted by molar-refractivity contribution is 7.18. The lowest BCUT2D eigenvalue weighted by atomic mass is 10.1. The molecule has 0 atom stereocenters. The lowest BCUT2D eigenvalue weighted by Gasteiger charge is -2.11. The highest BCUT2D eigenvalue weighted by Crippen LogP contribution is 2.28. The predicted octanol–water partition coefficient (Wildman–Crippen LogP) is 4.35. The zero-order valence-electron chi connectivity index (χ0n) is 16.3. The van der Waals surface area contributed by atoms with Crippen molar-refractivity contribution in [2.24, 2.45) is 5.92 Å². The van der Waals surface area contributed by atoms with Gasteiger partial charge < -0.3 is 5.32 Å². The van der Waals surface area contributed by atoms with Gasteiger partial charge in [-0.1, -0.05) is 37.3 Å². The average molecular weight is 425 g/mol. The first kappa shape index (κ1) is 21.1. The number of benzene rings is 2. The number of nitrogens with one attached hydrogen (secondary N) is 2. The van der Waals surface area contributed by atoms with E-state index in [1.807, 2.05) is 13.8 Å². The smallest absolute Gasteiger partial charge is 0.269 e. The first-order chi connectivity index (χ1) is 14.3. The Balaban J connectivity index is 1.73. The Kier molecular flexibility index (Phi) is 6.48. The van der Waals surface area contributed by atoms with E-state index in [4.69, 9.17) is 0 Å². The van der Waals surface area contributed by atoms with Crippen LogP contribution in [0.1, 0.15) is 30.6 Å². The van der Waals surface area contributed by atoms with Gasteiger partial charge in [-0.15, -0.1) is 10.2 Å². The minimum atomic E-state index is -0.479. The Morgan fingerprint density at radius 3 is 2.43 bits per heavy atom. The Morgan fingerprint density at radius 2 is 1.77 bits per heavy atom.